The first-order chi connectivity index (χ1) is 16.5. The van der Waals surface area contributed by atoms with Gasteiger partial charge in [0, 0.05) is 30.8 Å². The molecule has 1 aromatic heterocycles. The van der Waals surface area contributed by atoms with Gasteiger partial charge in [0.2, 0.25) is 0 Å². The molecule has 174 valence electrons. The number of nitrogens with one attached hydrogen (secondary N) is 1. The fourth-order valence-electron chi connectivity index (χ4n) is 5.21. The van der Waals surface area contributed by atoms with Gasteiger partial charge in [-0.15, -0.1) is 0 Å². The van der Waals surface area contributed by atoms with Gasteiger partial charge >= 0.3 is 0 Å². The molecule has 5 rings (SSSR count). The van der Waals surface area contributed by atoms with Crippen molar-refractivity contribution < 1.29 is 9.53 Å². The quantitative estimate of drug-likeness (QED) is 0.569. The van der Waals surface area contributed by atoms with Crippen LogP contribution in [-0.2, 0) is 4.74 Å². The summed E-state index contributed by atoms with van der Waals surface area (Å²) in [7, 11) is 0. The van der Waals surface area contributed by atoms with Crippen molar-refractivity contribution in [2.24, 2.45) is 0 Å². The van der Waals surface area contributed by atoms with Crippen molar-refractivity contribution in [3.05, 3.63) is 76.1 Å². The molecule has 3 aromatic rings. The van der Waals surface area contributed by atoms with E-state index in [1.165, 1.54) is 5.56 Å². The zero-order valence-electron chi connectivity index (χ0n) is 19.8. The standard InChI is InChI=1S/C28H30N4O2/c1-18-14-19(2)24(15-23(18)27-30-17-25(31-27)26-4-3-13-34-26)28(33)32-11-9-22(10-12-32)21-7-5-20(16-29)6-8-21/h5-8,14-15,17,22,26H,3-4,9-13H2,1-2H3,(H,30,31)/t26-/m0/s1. The smallest absolute Gasteiger partial charge is 0.254 e. The van der Waals surface area contributed by atoms with Gasteiger partial charge < -0.3 is 14.6 Å². The van der Waals surface area contributed by atoms with Crippen molar-refractivity contribution in [3.63, 3.8) is 0 Å². The van der Waals surface area contributed by atoms with Crippen LogP contribution in [0.2, 0.25) is 0 Å². The van der Waals surface area contributed by atoms with Crippen LogP contribution < -0.4 is 0 Å². The highest BCUT2D eigenvalue weighted by molar-refractivity contribution is 5.97. The van der Waals surface area contributed by atoms with E-state index in [9.17, 15) is 4.79 Å². The second-order valence-corrected chi connectivity index (χ2v) is 9.47. The Hall–Kier alpha value is -3.43. The summed E-state index contributed by atoms with van der Waals surface area (Å²) in [5.41, 5.74) is 6.73. The summed E-state index contributed by atoms with van der Waals surface area (Å²) >= 11 is 0. The molecule has 0 saturated carbocycles. The molecular weight excluding hydrogens is 424 g/mol. The van der Waals surface area contributed by atoms with E-state index in [1.807, 2.05) is 48.4 Å². The van der Waals surface area contributed by atoms with E-state index in [2.05, 4.69) is 29.0 Å². The molecule has 0 unspecified atom stereocenters. The average Bonchev–Trinajstić information content (AvgIpc) is 3.56. The highest BCUT2D eigenvalue weighted by Gasteiger charge is 2.26. The first kappa shape index (κ1) is 22.4. The fraction of sp³-hybridized carbons (Fsp3) is 0.393. The van der Waals surface area contributed by atoms with Gasteiger partial charge in [-0.25, -0.2) is 4.98 Å². The number of hydrogen-bond donors (Lipinski definition) is 1. The lowest BCUT2D eigenvalue weighted by Crippen LogP contribution is -2.38. The summed E-state index contributed by atoms with van der Waals surface area (Å²) < 4.78 is 5.78. The molecule has 1 N–H and O–H groups in total. The molecule has 0 bridgehead atoms. The van der Waals surface area contributed by atoms with E-state index in [0.29, 0.717) is 11.5 Å². The normalized spacial score (nSPS) is 18.7. The van der Waals surface area contributed by atoms with Crippen LogP contribution in [0.4, 0.5) is 0 Å². The van der Waals surface area contributed by atoms with Gasteiger partial charge in [-0.3, -0.25) is 4.79 Å². The number of hydrogen-bond acceptors (Lipinski definition) is 4. The highest BCUT2D eigenvalue weighted by Crippen LogP contribution is 2.32. The first-order valence-corrected chi connectivity index (χ1v) is 12.1. The number of imidazole rings is 1. The number of amides is 1. The Morgan fingerprint density at radius 1 is 1.12 bits per heavy atom. The minimum Gasteiger partial charge on any atom is -0.372 e. The average molecular weight is 455 g/mol. The topological polar surface area (TPSA) is 82.0 Å². The third-order valence-electron chi connectivity index (χ3n) is 7.22. The van der Waals surface area contributed by atoms with E-state index in [4.69, 9.17) is 10.00 Å². The summed E-state index contributed by atoms with van der Waals surface area (Å²) in [4.78, 5) is 23.5. The molecule has 6 heteroatoms. The van der Waals surface area contributed by atoms with Crippen LogP contribution in [-0.4, -0.2) is 40.5 Å². The van der Waals surface area contributed by atoms with Crippen LogP contribution in [0.1, 0.15) is 76.0 Å². The molecule has 0 radical (unpaired) electrons. The van der Waals surface area contributed by atoms with Crippen LogP contribution >= 0.6 is 0 Å². The Morgan fingerprint density at radius 2 is 1.88 bits per heavy atom. The minimum atomic E-state index is 0.0861. The zero-order valence-corrected chi connectivity index (χ0v) is 19.8. The Morgan fingerprint density at radius 3 is 2.56 bits per heavy atom. The van der Waals surface area contributed by atoms with Crippen LogP contribution in [0.15, 0.2) is 42.6 Å². The predicted octanol–water partition coefficient (Wildman–Crippen LogP) is 5.44. The Bertz CT molecular complexity index is 1220. The maximum atomic E-state index is 13.5. The number of nitrogens with zero attached hydrogens (tertiary/aromatic N) is 3. The van der Waals surface area contributed by atoms with Gasteiger partial charge in [0.05, 0.1) is 29.6 Å². The number of aryl methyl sites for hydroxylation is 2. The Balaban J connectivity index is 1.32. The van der Waals surface area contributed by atoms with Gasteiger partial charge in [0.1, 0.15) is 5.82 Å². The Labute approximate surface area is 200 Å². The van der Waals surface area contributed by atoms with Gasteiger partial charge in [-0.05, 0) is 80.3 Å². The van der Waals surface area contributed by atoms with Crippen LogP contribution in [0.5, 0.6) is 0 Å². The number of aromatic amines is 1. The number of carbonyl (C=O) groups is 1. The maximum absolute atomic E-state index is 13.5. The van der Waals surface area contributed by atoms with Crippen LogP contribution in [0.25, 0.3) is 11.4 Å². The first-order valence-electron chi connectivity index (χ1n) is 12.1. The second-order valence-electron chi connectivity index (χ2n) is 9.47. The van der Waals surface area contributed by atoms with E-state index in [0.717, 1.165) is 79.2 Å². The lowest BCUT2D eigenvalue weighted by atomic mass is 9.88. The molecule has 2 aliphatic heterocycles. The number of piperidine rings is 1. The number of benzene rings is 2. The maximum Gasteiger partial charge on any atom is 0.254 e. The number of nitriles is 1. The lowest BCUT2D eigenvalue weighted by Gasteiger charge is -2.32. The minimum absolute atomic E-state index is 0.0861. The van der Waals surface area contributed by atoms with E-state index in [1.54, 1.807) is 0 Å². The molecule has 2 aliphatic rings. The molecule has 3 heterocycles. The van der Waals surface area contributed by atoms with Crippen molar-refractivity contribution >= 4 is 5.91 Å². The summed E-state index contributed by atoms with van der Waals surface area (Å²) in [6.07, 6.45) is 5.89. The van der Waals surface area contributed by atoms with Crippen molar-refractivity contribution in [2.45, 2.75) is 51.6 Å². The predicted molar refractivity (Wildman–Crippen MR) is 130 cm³/mol. The molecule has 2 aromatic carbocycles. The number of aromatic nitrogens is 2. The summed E-state index contributed by atoms with van der Waals surface area (Å²) in [6, 6.07) is 14.1. The van der Waals surface area contributed by atoms with Crippen molar-refractivity contribution in [1.82, 2.24) is 14.9 Å². The highest BCUT2D eigenvalue weighted by atomic mass is 16.5. The molecule has 34 heavy (non-hydrogen) atoms. The van der Waals surface area contributed by atoms with Crippen LogP contribution in [0.3, 0.4) is 0 Å². The molecule has 0 aliphatic carbocycles. The number of carbonyl (C=O) groups excluding carboxylic acids is 1. The van der Waals surface area contributed by atoms with Crippen molar-refractivity contribution in [2.75, 3.05) is 19.7 Å². The van der Waals surface area contributed by atoms with Crippen molar-refractivity contribution in [3.8, 4) is 17.5 Å². The van der Waals surface area contributed by atoms with Crippen molar-refractivity contribution in [1.29, 1.82) is 5.26 Å². The number of likely N-dealkylation sites (tertiary alicyclic amines) is 1. The lowest BCUT2D eigenvalue weighted by molar-refractivity contribution is 0.0712. The molecule has 6 nitrogen and oxygen atoms in total. The summed E-state index contributed by atoms with van der Waals surface area (Å²) in [6.45, 7) is 6.33. The summed E-state index contributed by atoms with van der Waals surface area (Å²) in [5.74, 6) is 1.30. The third kappa shape index (κ3) is 4.36. The Kier molecular flexibility index (Phi) is 6.21. The monoisotopic (exact) mass is 454 g/mol. The molecule has 2 fully saturated rings. The zero-order chi connectivity index (χ0) is 23.7. The number of H-pyrrole nitrogens is 1. The third-order valence-corrected chi connectivity index (χ3v) is 7.22. The van der Waals surface area contributed by atoms with Gasteiger partial charge in [-0.2, -0.15) is 5.26 Å². The molecular formula is C28H30N4O2. The van der Waals surface area contributed by atoms with E-state index >= 15 is 0 Å². The largest absolute Gasteiger partial charge is 0.372 e. The second kappa shape index (κ2) is 9.44. The van der Waals surface area contributed by atoms with Gasteiger partial charge in [0.25, 0.3) is 5.91 Å². The SMILES string of the molecule is Cc1cc(C)c(-c2ncc([C@@H]3CCCO3)[nH]2)cc1C(=O)N1CCC(c2ccc(C#N)cc2)CC1. The molecule has 0 spiro atoms. The van der Waals surface area contributed by atoms with Crippen LogP contribution in [0, 0.1) is 25.2 Å². The van der Waals surface area contributed by atoms with Gasteiger partial charge in [-0.1, -0.05) is 18.2 Å². The fourth-order valence-corrected chi connectivity index (χ4v) is 5.21. The van der Waals surface area contributed by atoms with E-state index in [-0.39, 0.29) is 12.0 Å². The molecule has 1 atom stereocenters. The molecule has 2 saturated heterocycles. The molecule has 1 amide bonds. The summed E-state index contributed by atoms with van der Waals surface area (Å²) in [5, 5.41) is 9.02. The van der Waals surface area contributed by atoms with E-state index < -0.39 is 0 Å². The van der Waals surface area contributed by atoms with Gasteiger partial charge in [0.15, 0.2) is 0 Å². The number of rotatable bonds is 4. The number of ether oxygens (including phenoxy) is 1.